The molecule has 0 saturated carbocycles. The number of rotatable bonds is 9. The summed E-state index contributed by atoms with van der Waals surface area (Å²) >= 11 is 0. The fourth-order valence-electron chi connectivity index (χ4n) is 4.59. The zero-order valence-corrected chi connectivity index (χ0v) is 22.0. The Labute approximate surface area is 230 Å². The van der Waals surface area contributed by atoms with E-state index in [1.165, 1.54) is 24.3 Å². The fraction of sp³-hybridized carbons (Fsp3) is 0.0645. The number of carbonyl (C=O) groups excluding carboxylic acids is 2. The number of hydrogen-bond donors (Lipinski definition) is 2. The van der Waals surface area contributed by atoms with E-state index in [1.807, 2.05) is 6.07 Å². The summed E-state index contributed by atoms with van der Waals surface area (Å²) in [4.78, 5) is 37.6. The van der Waals surface area contributed by atoms with E-state index in [2.05, 4.69) is 5.32 Å². The summed E-state index contributed by atoms with van der Waals surface area (Å²) in [5.41, 5.74) is 2.18. The van der Waals surface area contributed by atoms with Crippen molar-refractivity contribution in [2.24, 2.45) is 0 Å². The van der Waals surface area contributed by atoms with Gasteiger partial charge in [0.05, 0.1) is 21.8 Å². The molecule has 0 unspecified atom stereocenters. The van der Waals surface area contributed by atoms with E-state index >= 15 is 0 Å². The molecule has 200 valence electrons. The molecule has 1 heterocycles. The minimum atomic E-state index is -3.67. The lowest BCUT2D eigenvalue weighted by atomic mass is 10.1. The number of anilines is 1. The summed E-state index contributed by atoms with van der Waals surface area (Å²) in [6.45, 7) is 0.153. The standard InChI is InChI=1S/C31H24N2O6S/c34-29(30(35)32-24-13-8-12-22(17-24)31(36)37)26-19-33(27-15-6-5-14-25(26)27)18-23-11-4-7-16-28(23)40(38,39)20-21-9-2-1-3-10-21/h1-17,19H,18,20H2,(H,32,35)(H,36,37). The van der Waals surface area contributed by atoms with Crippen molar-refractivity contribution < 1.29 is 27.9 Å². The van der Waals surface area contributed by atoms with Gasteiger partial charge in [0.25, 0.3) is 11.7 Å². The predicted molar refractivity (Wildman–Crippen MR) is 151 cm³/mol. The topological polar surface area (TPSA) is 123 Å². The van der Waals surface area contributed by atoms with Crippen molar-refractivity contribution in [3.8, 4) is 0 Å². The van der Waals surface area contributed by atoms with Crippen molar-refractivity contribution in [2.75, 3.05) is 5.32 Å². The maximum Gasteiger partial charge on any atom is 0.335 e. The average molecular weight is 553 g/mol. The molecule has 1 aromatic heterocycles. The highest BCUT2D eigenvalue weighted by Crippen LogP contribution is 2.27. The van der Waals surface area contributed by atoms with Gasteiger partial charge in [0.1, 0.15) is 0 Å². The largest absolute Gasteiger partial charge is 0.478 e. The summed E-state index contributed by atoms with van der Waals surface area (Å²) in [5.74, 6) is -3.03. The number of Topliss-reactive ketones (excluding diaryl/α,β-unsaturated/α-hetero) is 1. The van der Waals surface area contributed by atoms with Gasteiger partial charge in [-0.15, -0.1) is 0 Å². The Morgan fingerprint density at radius 2 is 1.50 bits per heavy atom. The molecule has 0 radical (unpaired) electrons. The van der Waals surface area contributed by atoms with Gasteiger partial charge < -0.3 is 15.0 Å². The van der Waals surface area contributed by atoms with Crippen molar-refractivity contribution in [2.45, 2.75) is 17.2 Å². The van der Waals surface area contributed by atoms with E-state index < -0.39 is 27.5 Å². The smallest absolute Gasteiger partial charge is 0.335 e. The van der Waals surface area contributed by atoms with E-state index in [9.17, 15) is 27.9 Å². The lowest BCUT2D eigenvalue weighted by Gasteiger charge is -2.12. The number of sulfone groups is 1. The molecular formula is C31H24N2O6S. The van der Waals surface area contributed by atoms with Crippen LogP contribution < -0.4 is 5.32 Å². The normalized spacial score (nSPS) is 11.3. The second-order valence-electron chi connectivity index (χ2n) is 9.21. The molecular weight excluding hydrogens is 528 g/mol. The molecule has 9 heteroatoms. The van der Waals surface area contributed by atoms with Crippen LogP contribution in [0.3, 0.4) is 0 Å². The molecule has 0 fully saturated rings. The van der Waals surface area contributed by atoms with Crippen LogP contribution in [0.5, 0.6) is 0 Å². The van der Waals surface area contributed by atoms with Crippen LogP contribution in [0.2, 0.25) is 0 Å². The van der Waals surface area contributed by atoms with E-state index in [0.29, 0.717) is 22.0 Å². The van der Waals surface area contributed by atoms with Gasteiger partial charge in [-0.05, 0) is 41.5 Å². The zero-order valence-electron chi connectivity index (χ0n) is 21.2. The molecule has 1 amide bonds. The number of amides is 1. The van der Waals surface area contributed by atoms with Crippen LogP contribution in [0.15, 0.2) is 114 Å². The van der Waals surface area contributed by atoms with Gasteiger partial charge >= 0.3 is 5.97 Å². The first-order chi connectivity index (χ1) is 19.2. The van der Waals surface area contributed by atoms with E-state index in [-0.39, 0.29) is 34.0 Å². The fourth-order valence-corrected chi connectivity index (χ4v) is 6.20. The predicted octanol–water partition coefficient (Wildman–Crippen LogP) is 5.18. The lowest BCUT2D eigenvalue weighted by Crippen LogP contribution is -2.23. The van der Waals surface area contributed by atoms with Gasteiger partial charge in [0.15, 0.2) is 9.84 Å². The number of carboxylic acid groups (broad SMARTS) is 1. The summed E-state index contributed by atoms with van der Waals surface area (Å²) in [6.07, 6.45) is 1.54. The summed E-state index contributed by atoms with van der Waals surface area (Å²) < 4.78 is 28.5. The van der Waals surface area contributed by atoms with Crippen LogP contribution in [0.25, 0.3) is 10.9 Å². The molecule has 4 aromatic carbocycles. The van der Waals surface area contributed by atoms with Crippen LogP contribution >= 0.6 is 0 Å². The van der Waals surface area contributed by atoms with Crippen molar-refractivity contribution in [3.63, 3.8) is 0 Å². The van der Waals surface area contributed by atoms with Crippen LogP contribution in [0.1, 0.15) is 31.8 Å². The SMILES string of the molecule is O=C(Nc1cccc(C(=O)O)c1)C(=O)c1cn(Cc2ccccc2S(=O)(=O)Cc2ccccc2)c2ccccc12. The van der Waals surface area contributed by atoms with Crippen LogP contribution in [-0.4, -0.2) is 35.8 Å². The van der Waals surface area contributed by atoms with Crippen LogP contribution in [-0.2, 0) is 26.9 Å². The average Bonchev–Trinajstić information content (AvgIpc) is 3.31. The third-order valence-corrected chi connectivity index (χ3v) is 8.24. The minimum absolute atomic E-state index is 0.0252. The number of fused-ring (bicyclic) bond motifs is 1. The molecule has 0 aliphatic rings. The number of aromatic carboxylic acids is 1. The molecule has 5 aromatic rings. The second-order valence-corrected chi connectivity index (χ2v) is 11.2. The Morgan fingerprint density at radius 3 is 2.27 bits per heavy atom. The Hall–Kier alpha value is -5.02. The lowest BCUT2D eigenvalue weighted by molar-refractivity contribution is -0.112. The third kappa shape index (κ3) is 5.55. The monoisotopic (exact) mass is 552 g/mol. The van der Waals surface area contributed by atoms with Gasteiger partial charge in [-0.3, -0.25) is 9.59 Å². The molecule has 0 aliphatic heterocycles. The van der Waals surface area contributed by atoms with Gasteiger partial charge in [0, 0.05) is 29.3 Å². The molecule has 0 saturated heterocycles. The second kappa shape index (κ2) is 11.0. The maximum absolute atomic E-state index is 13.4. The molecule has 0 spiro atoms. The molecule has 8 nitrogen and oxygen atoms in total. The minimum Gasteiger partial charge on any atom is -0.478 e. The first-order valence-corrected chi connectivity index (χ1v) is 14.0. The van der Waals surface area contributed by atoms with E-state index in [0.717, 1.165) is 0 Å². The number of carboxylic acids is 1. The summed E-state index contributed by atoms with van der Waals surface area (Å²) in [6, 6.07) is 28.3. The first kappa shape index (κ1) is 26.6. The molecule has 0 atom stereocenters. The highest BCUT2D eigenvalue weighted by atomic mass is 32.2. The van der Waals surface area contributed by atoms with Crippen molar-refractivity contribution >= 4 is 44.1 Å². The van der Waals surface area contributed by atoms with Crippen molar-refractivity contribution in [1.29, 1.82) is 0 Å². The van der Waals surface area contributed by atoms with Gasteiger partial charge in [-0.25, -0.2) is 13.2 Å². The van der Waals surface area contributed by atoms with Crippen LogP contribution in [0, 0.1) is 0 Å². The number of nitrogens with one attached hydrogen (secondary N) is 1. The Balaban J connectivity index is 1.46. The van der Waals surface area contributed by atoms with Crippen molar-refractivity contribution in [1.82, 2.24) is 4.57 Å². The number of para-hydroxylation sites is 1. The number of benzene rings is 4. The first-order valence-electron chi connectivity index (χ1n) is 12.3. The highest BCUT2D eigenvalue weighted by molar-refractivity contribution is 7.90. The Bertz CT molecular complexity index is 1860. The summed E-state index contributed by atoms with van der Waals surface area (Å²) in [5, 5.41) is 12.2. The third-order valence-electron chi connectivity index (χ3n) is 6.45. The number of carbonyl (C=O) groups is 3. The molecule has 5 rings (SSSR count). The van der Waals surface area contributed by atoms with Gasteiger partial charge in [-0.1, -0.05) is 72.8 Å². The molecule has 40 heavy (non-hydrogen) atoms. The number of ketones is 1. The molecule has 0 aliphatic carbocycles. The van der Waals surface area contributed by atoms with E-state index in [4.69, 9.17) is 0 Å². The Kier molecular flexibility index (Phi) is 7.31. The Morgan fingerprint density at radius 1 is 0.800 bits per heavy atom. The van der Waals surface area contributed by atoms with Crippen molar-refractivity contribution in [3.05, 3.63) is 132 Å². The molecule has 2 N–H and O–H groups in total. The van der Waals surface area contributed by atoms with Gasteiger partial charge in [-0.2, -0.15) is 0 Å². The van der Waals surface area contributed by atoms with Gasteiger partial charge in [0.2, 0.25) is 0 Å². The number of aromatic nitrogens is 1. The number of hydrogen-bond acceptors (Lipinski definition) is 5. The molecule has 0 bridgehead atoms. The van der Waals surface area contributed by atoms with E-state index in [1.54, 1.807) is 83.6 Å². The quantitative estimate of drug-likeness (QED) is 0.192. The maximum atomic E-state index is 13.4. The zero-order chi connectivity index (χ0) is 28.3. The summed E-state index contributed by atoms with van der Waals surface area (Å²) in [7, 11) is -3.67. The van der Waals surface area contributed by atoms with Crippen LogP contribution in [0.4, 0.5) is 5.69 Å². The highest BCUT2D eigenvalue weighted by Gasteiger charge is 2.24. The number of nitrogens with zero attached hydrogens (tertiary/aromatic N) is 1.